The number of aliphatic imine (C=N–C) groups is 1. The SMILES string of the molecule is CCNC(=NCCC(=O)Nc1ccc(C)cc1Cl)N1CC[C@@H](O)C1. The number of anilines is 1. The standard InChI is InChI=1S/C17H25ClN4O2/c1-3-19-17(22-9-7-13(23)11-22)20-8-6-16(24)21-15-5-4-12(2)10-14(15)18/h4-5,10,13,23H,3,6-9,11H2,1-2H3,(H,19,20)(H,21,24)/t13-/m1/s1. The molecule has 0 saturated carbocycles. The van der Waals surface area contributed by atoms with E-state index in [4.69, 9.17) is 11.6 Å². The van der Waals surface area contributed by atoms with Gasteiger partial charge in [-0.25, -0.2) is 0 Å². The van der Waals surface area contributed by atoms with Crippen LogP contribution in [-0.4, -0.2) is 54.2 Å². The van der Waals surface area contributed by atoms with Gasteiger partial charge in [-0.2, -0.15) is 0 Å². The van der Waals surface area contributed by atoms with E-state index in [0.29, 0.717) is 23.8 Å². The van der Waals surface area contributed by atoms with Crippen LogP contribution in [0.3, 0.4) is 0 Å². The average Bonchev–Trinajstić information content (AvgIpc) is 2.96. The molecule has 1 heterocycles. The van der Waals surface area contributed by atoms with Crippen LogP contribution in [0, 0.1) is 6.92 Å². The number of aryl methyl sites for hydroxylation is 1. The number of carbonyl (C=O) groups is 1. The Bertz CT molecular complexity index is 606. The van der Waals surface area contributed by atoms with Crippen LogP contribution in [0.2, 0.25) is 5.02 Å². The topological polar surface area (TPSA) is 77.0 Å². The van der Waals surface area contributed by atoms with Crippen LogP contribution in [0.1, 0.15) is 25.3 Å². The highest BCUT2D eigenvalue weighted by Gasteiger charge is 2.22. The lowest BCUT2D eigenvalue weighted by Crippen LogP contribution is -2.40. The predicted octanol–water partition coefficient (Wildman–Crippen LogP) is 2.01. The molecule has 0 radical (unpaired) electrons. The zero-order valence-electron chi connectivity index (χ0n) is 14.2. The molecule has 7 heteroatoms. The summed E-state index contributed by atoms with van der Waals surface area (Å²) in [5.74, 6) is 0.622. The Balaban J connectivity index is 1.87. The highest BCUT2D eigenvalue weighted by atomic mass is 35.5. The van der Waals surface area contributed by atoms with Crippen molar-refractivity contribution in [3.63, 3.8) is 0 Å². The molecular weight excluding hydrogens is 328 g/mol. The number of rotatable bonds is 5. The Morgan fingerprint density at radius 2 is 2.29 bits per heavy atom. The number of β-amino-alcohol motifs (C(OH)–C–C–N with tert-alkyl or cyclic N) is 1. The van der Waals surface area contributed by atoms with Gasteiger partial charge in [-0.1, -0.05) is 17.7 Å². The molecule has 132 valence electrons. The van der Waals surface area contributed by atoms with Gasteiger partial charge in [0.25, 0.3) is 0 Å². The van der Waals surface area contributed by atoms with E-state index < -0.39 is 0 Å². The lowest BCUT2D eigenvalue weighted by Gasteiger charge is -2.20. The minimum atomic E-state index is -0.305. The van der Waals surface area contributed by atoms with E-state index in [1.165, 1.54) is 0 Å². The number of nitrogens with zero attached hydrogens (tertiary/aromatic N) is 2. The Hall–Kier alpha value is -1.79. The molecule has 0 bridgehead atoms. The zero-order chi connectivity index (χ0) is 17.5. The first-order valence-corrected chi connectivity index (χ1v) is 8.64. The molecule has 0 spiro atoms. The summed E-state index contributed by atoms with van der Waals surface area (Å²) in [5.41, 5.74) is 1.66. The van der Waals surface area contributed by atoms with E-state index in [2.05, 4.69) is 15.6 Å². The number of halogens is 1. The number of likely N-dealkylation sites (tertiary alicyclic amines) is 1. The van der Waals surface area contributed by atoms with Gasteiger partial charge in [0, 0.05) is 26.1 Å². The first-order valence-electron chi connectivity index (χ1n) is 8.27. The summed E-state index contributed by atoms with van der Waals surface area (Å²) < 4.78 is 0. The molecule has 1 fully saturated rings. The quantitative estimate of drug-likeness (QED) is 0.559. The van der Waals surface area contributed by atoms with Gasteiger partial charge in [0.1, 0.15) is 0 Å². The highest BCUT2D eigenvalue weighted by molar-refractivity contribution is 6.33. The number of aliphatic hydroxyl groups is 1. The third-order valence-electron chi connectivity index (χ3n) is 3.80. The lowest BCUT2D eigenvalue weighted by molar-refractivity contribution is -0.116. The van der Waals surface area contributed by atoms with E-state index >= 15 is 0 Å². The largest absolute Gasteiger partial charge is 0.391 e. The molecule has 1 aromatic carbocycles. The third kappa shape index (κ3) is 5.39. The van der Waals surface area contributed by atoms with E-state index in [9.17, 15) is 9.90 Å². The number of hydrogen-bond acceptors (Lipinski definition) is 3. The molecular formula is C17H25ClN4O2. The van der Waals surface area contributed by atoms with Crippen molar-refractivity contribution >= 4 is 29.2 Å². The van der Waals surface area contributed by atoms with Crippen molar-refractivity contribution in [1.29, 1.82) is 0 Å². The Morgan fingerprint density at radius 3 is 2.92 bits per heavy atom. The second kappa shape index (κ2) is 8.89. The normalized spacial score (nSPS) is 17.9. The number of guanidine groups is 1. The van der Waals surface area contributed by atoms with Crippen LogP contribution in [0.15, 0.2) is 23.2 Å². The third-order valence-corrected chi connectivity index (χ3v) is 4.11. The summed E-state index contributed by atoms with van der Waals surface area (Å²) in [6.07, 6.45) is 0.715. The monoisotopic (exact) mass is 352 g/mol. The Kier molecular flexibility index (Phi) is 6.87. The fourth-order valence-electron chi connectivity index (χ4n) is 2.56. The van der Waals surface area contributed by atoms with Crippen LogP contribution >= 0.6 is 11.6 Å². The van der Waals surface area contributed by atoms with Gasteiger partial charge < -0.3 is 20.6 Å². The predicted molar refractivity (Wildman–Crippen MR) is 97.6 cm³/mol. The van der Waals surface area contributed by atoms with Crippen molar-refractivity contribution in [2.24, 2.45) is 4.99 Å². The molecule has 1 saturated heterocycles. The molecule has 0 unspecified atom stereocenters. The van der Waals surface area contributed by atoms with Gasteiger partial charge in [0.05, 0.1) is 23.4 Å². The fraction of sp³-hybridized carbons (Fsp3) is 0.529. The maximum absolute atomic E-state index is 12.0. The number of carbonyl (C=O) groups excluding carboxylic acids is 1. The van der Waals surface area contributed by atoms with Crippen molar-refractivity contribution < 1.29 is 9.90 Å². The summed E-state index contributed by atoms with van der Waals surface area (Å²) >= 11 is 6.12. The molecule has 3 N–H and O–H groups in total. The molecule has 1 aromatic rings. The van der Waals surface area contributed by atoms with E-state index in [-0.39, 0.29) is 18.4 Å². The van der Waals surface area contributed by atoms with Gasteiger partial charge in [-0.15, -0.1) is 0 Å². The van der Waals surface area contributed by atoms with Gasteiger partial charge >= 0.3 is 0 Å². The number of amides is 1. The highest BCUT2D eigenvalue weighted by Crippen LogP contribution is 2.22. The van der Waals surface area contributed by atoms with Crippen molar-refractivity contribution in [3.05, 3.63) is 28.8 Å². The Morgan fingerprint density at radius 1 is 1.50 bits per heavy atom. The van der Waals surface area contributed by atoms with Gasteiger partial charge in [0.15, 0.2) is 5.96 Å². The molecule has 1 aliphatic heterocycles. The first kappa shape index (κ1) is 18.5. The van der Waals surface area contributed by atoms with E-state index in [1.807, 2.05) is 30.9 Å². The average molecular weight is 353 g/mol. The van der Waals surface area contributed by atoms with Crippen molar-refractivity contribution in [2.75, 3.05) is 31.5 Å². The van der Waals surface area contributed by atoms with Crippen LogP contribution in [0.25, 0.3) is 0 Å². The van der Waals surface area contributed by atoms with Gasteiger partial charge in [-0.05, 0) is 38.0 Å². The van der Waals surface area contributed by atoms with E-state index in [1.54, 1.807) is 6.07 Å². The maximum atomic E-state index is 12.0. The second-order valence-corrected chi connectivity index (χ2v) is 6.31. The zero-order valence-corrected chi connectivity index (χ0v) is 14.9. The lowest BCUT2D eigenvalue weighted by atomic mass is 10.2. The number of benzene rings is 1. The van der Waals surface area contributed by atoms with Crippen LogP contribution in [-0.2, 0) is 4.79 Å². The summed E-state index contributed by atoms with van der Waals surface area (Å²) in [6, 6.07) is 5.52. The summed E-state index contributed by atoms with van der Waals surface area (Å²) in [5, 5.41) is 16.2. The van der Waals surface area contributed by atoms with Gasteiger partial charge in [-0.3, -0.25) is 9.79 Å². The molecule has 6 nitrogen and oxygen atoms in total. The number of nitrogens with one attached hydrogen (secondary N) is 2. The first-order chi connectivity index (χ1) is 11.5. The maximum Gasteiger partial charge on any atom is 0.226 e. The molecule has 0 aromatic heterocycles. The number of aliphatic hydroxyl groups excluding tert-OH is 1. The van der Waals surface area contributed by atoms with Crippen molar-refractivity contribution in [3.8, 4) is 0 Å². The molecule has 2 rings (SSSR count). The molecule has 0 aliphatic carbocycles. The summed E-state index contributed by atoms with van der Waals surface area (Å²) in [6.45, 7) is 6.42. The van der Waals surface area contributed by atoms with Gasteiger partial charge in [0.2, 0.25) is 5.91 Å². The van der Waals surface area contributed by atoms with Crippen LogP contribution in [0.4, 0.5) is 5.69 Å². The molecule has 1 amide bonds. The second-order valence-electron chi connectivity index (χ2n) is 5.91. The van der Waals surface area contributed by atoms with E-state index in [0.717, 1.165) is 31.0 Å². The smallest absolute Gasteiger partial charge is 0.226 e. The van der Waals surface area contributed by atoms with Crippen LogP contribution < -0.4 is 10.6 Å². The molecule has 1 atom stereocenters. The van der Waals surface area contributed by atoms with Crippen molar-refractivity contribution in [1.82, 2.24) is 10.2 Å². The van der Waals surface area contributed by atoms with Crippen LogP contribution in [0.5, 0.6) is 0 Å². The van der Waals surface area contributed by atoms with Crippen molar-refractivity contribution in [2.45, 2.75) is 32.8 Å². The minimum Gasteiger partial charge on any atom is -0.391 e. The Labute approximate surface area is 147 Å². The molecule has 1 aliphatic rings. The number of hydrogen-bond donors (Lipinski definition) is 3. The summed E-state index contributed by atoms with van der Waals surface area (Å²) in [4.78, 5) is 18.5. The summed E-state index contributed by atoms with van der Waals surface area (Å²) in [7, 11) is 0. The minimum absolute atomic E-state index is 0.123. The molecule has 24 heavy (non-hydrogen) atoms. The fourth-order valence-corrected chi connectivity index (χ4v) is 2.84.